The summed E-state index contributed by atoms with van der Waals surface area (Å²) in [5, 5.41) is 37.7. The van der Waals surface area contributed by atoms with Crippen molar-refractivity contribution in [3.8, 4) is 0 Å². The van der Waals surface area contributed by atoms with Crippen LogP contribution in [0.25, 0.3) is 0 Å². The number of esters is 1. The summed E-state index contributed by atoms with van der Waals surface area (Å²) in [5.41, 5.74) is -4.31. The average molecular weight is 496 g/mol. The van der Waals surface area contributed by atoms with Crippen molar-refractivity contribution in [2.45, 2.75) is 81.2 Å². The number of carbonyl (C=O) groups excluding carboxylic acids is 1. The van der Waals surface area contributed by atoms with Gasteiger partial charge in [0.25, 0.3) is 0 Å². The molecule has 13 atom stereocenters. The second-order valence-corrected chi connectivity index (χ2v) is 12.3. The number of fused-ring (bicyclic) bond motifs is 2. The highest BCUT2D eigenvalue weighted by atomic mass is 16.6. The lowest BCUT2D eigenvalue weighted by Crippen LogP contribution is -2.82. The Labute approximate surface area is 207 Å². The maximum Gasteiger partial charge on any atom is 0.302 e. The number of hydrogen-bond donors (Lipinski definition) is 3. The zero-order valence-electron chi connectivity index (χ0n) is 21.5. The summed E-state index contributed by atoms with van der Waals surface area (Å²) in [7, 11) is 4.93. The van der Waals surface area contributed by atoms with Crippen LogP contribution in [0, 0.1) is 34.5 Å². The van der Waals surface area contributed by atoms with Crippen LogP contribution in [-0.2, 0) is 23.7 Å². The van der Waals surface area contributed by atoms with Gasteiger partial charge in [-0.3, -0.25) is 9.69 Å². The Kier molecular flexibility index (Phi) is 5.34. The normalized spacial score (nSPS) is 57.9. The van der Waals surface area contributed by atoms with E-state index in [0.717, 1.165) is 13.0 Å². The van der Waals surface area contributed by atoms with Crippen LogP contribution in [0.3, 0.4) is 0 Å². The van der Waals surface area contributed by atoms with Gasteiger partial charge >= 0.3 is 5.97 Å². The van der Waals surface area contributed by atoms with Crippen LogP contribution in [0.2, 0.25) is 0 Å². The van der Waals surface area contributed by atoms with E-state index in [9.17, 15) is 20.1 Å². The van der Waals surface area contributed by atoms with E-state index in [-0.39, 0.29) is 35.7 Å². The molecule has 9 nitrogen and oxygen atoms in total. The molecule has 198 valence electrons. The molecule has 6 fully saturated rings. The number of likely N-dealkylation sites (tertiary alicyclic amines) is 1. The Balaban J connectivity index is 1.65. The largest absolute Gasteiger partial charge is 0.462 e. The van der Waals surface area contributed by atoms with Crippen LogP contribution in [0.15, 0.2) is 0 Å². The molecule has 0 aromatic heterocycles. The Morgan fingerprint density at radius 2 is 1.91 bits per heavy atom. The molecule has 35 heavy (non-hydrogen) atoms. The molecule has 5 aliphatic carbocycles. The maximum atomic E-state index is 13.0. The minimum Gasteiger partial charge on any atom is -0.462 e. The van der Waals surface area contributed by atoms with E-state index in [1.165, 1.54) is 6.92 Å². The molecule has 5 saturated carbocycles. The van der Waals surface area contributed by atoms with E-state index in [4.69, 9.17) is 18.9 Å². The number of likely N-dealkylation sites (N-methyl/N-ethyl adjacent to an activating group) is 1. The Morgan fingerprint density at radius 3 is 2.51 bits per heavy atom. The number of aliphatic hydroxyl groups excluding tert-OH is 1. The lowest BCUT2D eigenvalue weighted by Gasteiger charge is -2.69. The highest BCUT2D eigenvalue weighted by Crippen LogP contribution is 2.80. The third-order valence-corrected chi connectivity index (χ3v) is 11.5. The summed E-state index contributed by atoms with van der Waals surface area (Å²) in [6.07, 6.45) is -0.0360. The van der Waals surface area contributed by atoms with E-state index in [2.05, 4.69) is 11.8 Å². The fourth-order valence-corrected chi connectivity index (χ4v) is 11.0. The molecular weight excluding hydrogens is 454 g/mol. The maximum absolute atomic E-state index is 13.0. The van der Waals surface area contributed by atoms with Gasteiger partial charge in [0.15, 0.2) is 0 Å². The summed E-state index contributed by atoms with van der Waals surface area (Å²) in [5.74, 6) is -1.35. The monoisotopic (exact) mass is 495 g/mol. The molecule has 0 amide bonds. The Bertz CT molecular complexity index is 903. The van der Waals surface area contributed by atoms with Crippen LogP contribution in [0.5, 0.6) is 0 Å². The number of piperidine rings is 1. The Morgan fingerprint density at radius 1 is 1.17 bits per heavy atom. The fraction of sp³-hybridized carbons (Fsp3) is 0.962. The third-order valence-electron chi connectivity index (χ3n) is 11.5. The quantitative estimate of drug-likeness (QED) is 0.444. The molecule has 1 aliphatic heterocycles. The van der Waals surface area contributed by atoms with Crippen LogP contribution in [0.1, 0.15) is 39.5 Å². The van der Waals surface area contributed by atoms with Gasteiger partial charge in [-0.05, 0) is 31.7 Å². The molecule has 6 rings (SSSR count). The van der Waals surface area contributed by atoms with Crippen molar-refractivity contribution in [1.82, 2.24) is 4.90 Å². The van der Waals surface area contributed by atoms with E-state index >= 15 is 0 Å². The van der Waals surface area contributed by atoms with E-state index in [0.29, 0.717) is 26.0 Å². The first-order valence-corrected chi connectivity index (χ1v) is 13.2. The van der Waals surface area contributed by atoms with Crippen molar-refractivity contribution in [2.24, 2.45) is 34.5 Å². The van der Waals surface area contributed by atoms with Gasteiger partial charge in [-0.1, -0.05) is 6.92 Å². The lowest BCUT2D eigenvalue weighted by atomic mass is 9.42. The summed E-state index contributed by atoms with van der Waals surface area (Å²) in [4.78, 5) is 14.5. The number of rotatable bonds is 6. The standard InChI is InChI=1S/C26H41NO8/c1-6-27-11-23(12-32-3)8-7-17(29)25-15-9-14-16(33-4)10-24(30,18(15)19(14)35-13(2)28)26(31,22(25)27)21(34-5)20(23)25/h14-22,29-31H,6-12H2,1-5H3/t14-,15-,16+,17-,18-,19+,20-,21+,22+,23+,24-,25+,26-/m1/s1. The molecule has 3 N–H and O–H groups in total. The summed E-state index contributed by atoms with van der Waals surface area (Å²) in [6.45, 7) is 5.36. The zero-order chi connectivity index (χ0) is 25.1. The van der Waals surface area contributed by atoms with Gasteiger partial charge in [-0.25, -0.2) is 0 Å². The summed E-state index contributed by atoms with van der Waals surface area (Å²) in [6, 6.07) is -0.478. The molecule has 0 aromatic rings. The van der Waals surface area contributed by atoms with Gasteiger partial charge in [0, 0.05) is 69.8 Å². The molecule has 0 unspecified atom stereocenters. The van der Waals surface area contributed by atoms with Crippen LogP contribution in [0.4, 0.5) is 0 Å². The van der Waals surface area contributed by atoms with E-state index in [1.54, 1.807) is 21.3 Å². The van der Waals surface area contributed by atoms with Gasteiger partial charge < -0.3 is 34.3 Å². The molecule has 0 aromatic carbocycles. The van der Waals surface area contributed by atoms with Crippen molar-refractivity contribution in [1.29, 1.82) is 0 Å². The summed E-state index contributed by atoms with van der Waals surface area (Å²) < 4.78 is 23.8. The fourth-order valence-electron chi connectivity index (χ4n) is 11.0. The molecule has 1 heterocycles. The number of nitrogens with zero attached hydrogens (tertiary/aromatic N) is 1. The molecule has 1 saturated heterocycles. The first-order chi connectivity index (χ1) is 16.6. The topological polar surface area (TPSA) is 118 Å². The first kappa shape index (κ1) is 24.5. The molecule has 1 spiro atoms. The van der Waals surface area contributed by atoms with Crippen molar-refractivity contribution < 1.29 is 39.1 Å². The number of ether oxygens (including phenoxy) is 4. The van der Waals surface area contributed by atoms with Crippen molar-refractivity contribution >= 4 is 5.97 Å². The molecular formula is C26H41NO8. The van der Waals surface area contributed by atoms with Crippen LogP contribution < -0.4 is 0 Å². The number of aliphatic hydroxyl groups is 3. The second-order valence-electron chi connectivity index (χ2n) is 12.3. The number of methoxy groups -OCH3 is 3. The predicted octanol–water partition coefficient (Wildman–Crippen LogP) is 0.188. The van der Waals surface area contributed by atoms with Crippen molar-refractivity contribution in [3.63, 3.8) is 0 Å². The van der Waals surface area contributed by atoms with Gasteiger partial charge in [0.1, 0.15) is 17.3 Å². The smallest absolute Gasteiger partial charge is 0.302 e. The third kappa shape index (κ3) is 2.48. The van der Waals surface area contributed by atoms with Gasteiger partial charge in [0.05, 0.1) is 31.0 Å². The lowest BCUT2D eigenvalue weighted by molar-refractivity contribution is -0.318. The molecule has 0 radical (unpaired) electrons. The minimum absolute atomic E-state index is 0.0979. The summed E-state index contributed by atoms with van der Waals surface area (Å²) >= 11 is 0. The zero-order valence-corrected chi connectivity index (χ0v) is 21.5. The van der Waals surface area contributed by atoms with Crippen LogP contribution >= 0.6 is 0 Å². The number of hydrogen-bond acceptors (Lipinski definition) is 9. The molecule has 7 bridgehead atoms. The van der Waals surface area contributed by atoms with Crippen molar-refractivity contribution in [2.75, 3.05) is 41.0 Å². The Hall–Kier alpha value is -0.810. The number of carbonyl (C=O) groups is 1. The van der Waals surface area contributed by atoms with E-state index < -0.39 is 52.9 Å². The molecule has 6 aliphatic rings. The van der Waals surface area contributed by atoms with Crippen molar-refractivity contribution in [3.05, 3.63) is 0 Å². The molecule has 9 heteroatoms. The minimum atomic E-state index is -1.67. The first-order valence-electron chi connectivity index (χ1n) is 13.2. The van der Waals surface area contributed by atoms with Gasteiger partial charge in [0.2, 0.25) is 0 Å². The average Bonchev–Trinajstić information content (AvgIpc) is 3.21. The highest BCUT2D eigenvalue weighted by molar-refractivity contribution is 5.66. The second kappa shape index (κ2) is 7.62. The predicted molar refractivity (Wildman–Crippen MR) is 123 cm³/mol. The van der Waals surface area contributed by atoms with Gasteiger partial charge in [-0.2, -0.15) is 0 Å². The van der Waals surface area contributed by atoms with Crippen LogP contribution in [-0.4, -0.2) is 109 Å². The highest BCUT2D eigenvalue weighted by Gasteiger charge is 2.91. The van der Waals surface area contributed by atoms with Gasteiger partial charge in [-0.15, -0.1) is 0 Å². The van der Waals surface area contributed by atoms with E-state index in [1.807, 2.05) is 0 Å². The SMILES string of the molecule is CCN1C[C@]2(COC)CC[C@@H](O)[C@@]34[C@@H]5C[C@H]6[C@H](OC(C)=O)[C@@H]5[C@](O)(C[C@@H]6OC)[C@@](O)([C@@H](OC)[C@H]23)[C@@H]14.